The minimum Gasteiger partial charge on any atom is -0.464 e. The highest BCUT2D eigenvalue weighted by Gasteiger charge is 2.14. The van der Waals surface area contributed by atoms with Crippen LogP contribution in [0.1, 0.15) is 10.5 Å². The first-order valence-corrected chi connectivity index (χ1v) is 6.81. The number of aromatic nitrogens is 1. The Morgan fingerprint density at radius 3 is 2.57 bits per heavy atom. The van der Waals surface area contributed by atoms with Gasteiger partial charge in [-0.2, -0.15) is 0 Å². The maximum atomic E-state index is 11.8. The molecule has 0 aliphatic rings. The fraction of sp³-hybridized carbons (Fsp3) is 0.0588. The van der Waals surface area contributed by atoms with E-state index in [1.54, 1.807) is 12.1 Å². The fourth-order valence-electron chi connectivity index (χ4n) is 2.28. The van der Waals surface area contributed by atoms with E-state index in [1.807, 2.05) is 42.5 Å². The number of halogens is 1. The molecule has 0 amide bonds. The van der Waals surface area contributed by atoms with Gasteiger partial charge in [-0.1, -0.05) is 54.1 Å². The van der Waals surface area contributed by atoms with Gasteiger partial charge in [0, 0.05) is 5.39 Å². The van der Waals surface area contributed by atoms with Gasteiger partial charge in [-0.15, -0.1) is 0 Å². The Labute approximate surface area is 127 Å². The van der Waals surface area contributed by atoms with Gasteiger partial charge in [-0.05, 0) is 23.3 Å². The van der Waals surface area contributed by atoms with Crippen molar-refractivity contribution in [2.75, 3.05) is 7.11 Å². The molecule has 21 heavy (non-hydrogen) atoms. The number of carbonyl (C=O) groups excluding carboxylic acids is 1. The van der Waals surface area contributed by atoms with Crippen LogP contribution < -0.4 is 0 Å². The molecule has 1 heterocycles. The molecule has 0 saturated carbocycles. The molecule has 0 spiro atoms. The van der Waals surface area contributed by atoms with Gasteiger partial charge >= 0.3 is 5.97 Å². The molecule has 0 atom stereocenters. The molecule has 2 aromatic carbocycles. The highest BCUT2D eigenvalue weighted by Crippen LogP contribution is 2.32. The number of nitrogens with zero attached hydrogens (tertiary/aromatic N) is 1. The lowest BCUT2D eigenvalue weighted by molar-refractivity contribution is 0.0594. The van der Waals surface area contributed by atoms with Gasteiger partial charge in [-0.3, -0.25) is 0 Å². The number of rotatable bonds is 2. The molecule has 0 aliphatic carbocycles. The van der Waals surface area contributed by atoms with Crippen LogP contribution in [-0.4, -0.2) is 18.1 Å². The van der Waals surface area contributed by atoms with E-state index < -0.39 is 5.97 Å². The summed E-state index contributed by atoms with van der Waals surface area (Å²) in [6, 6.07) is 17.1. The van der Waals surface area contributed by atoms with Gasteiger partial charge in [-0.25, -0.2) is 9.78 Å². The van der Waals surface area contributed by atoms with E-state index in [1.165, 1.54) is 7.11 Å². The van der Waals surface area contributed by atoms with Crippen LogP contribution in [0.3, 0.4) is 0 Å². The van der Waals surface area contributed by atoms with Gasteiger partial charge in [0.2, 0.25) is 0 Å². The van der Waals surface area contributed by atoms with E-state index in [2.05, 4.69) is 4.98 Å². The van der Waals surface area contributed by atoms with E-state index >= 15 is 0 Å². The molecule has 3 aromatic rings. The molecule has 3 rings (SSSR count). The number of carbonyl (C=O) groups is 1. The van der Waals surface area contributed by atoms with Gasteiger partial charge in [0.05, 0.1) is 17.6 Å². The third-order valence-corrected chi connectivity index (χ3v) is 3.57. The predicted octanol–water partition coefficient (Wildman–Crippen LogP) is 4.34. The molecule has 3 nitrogen and oxygen atoms in total. The molecule has 1 aromatic heterocycles. The van der Waals surface area contributed by atoms with Crippen LogP contribution in [0.4, 0.5) is 0 Å². The summed E-state index contributed by atoms with van der Waals surface area (Å²) in [4.78, 5) is 16.1. The third-order valence-electron chi connectivity index (χ3n) is 3.27. The molecular weight excluding hydrogens is 286 g/mol. The van der Waals surface area contributed by atoms with Crippen molar-refractivity contribution in [2.24, 2.45) is 0 Å². The Balaban J connectivity index is 2.36. The average Bonchev–Trinajstić information content (AvgIpc) is 2.54. The number of benzene rings is 2. The third kappa shape index (κ3) is 2.48. The average molecular weight is 298 g/mol. The minimum atomic E-state index is -0.478. The van der Waals surface area contributed by atoms with Crippen molar-refractivity contribution in [1.29, 1.82) is 0 Å². The quantitative estimate of drug-likeness (QED) is 0.660. The van der Waals surface area contributed by atoms with Crippen LogP contribution in [0.5, 0.6) is 0 Å². The van der Waals surface area contributed by atoms with Gasteiger partial charge in [0.25, 0.3) is 0 Å². The Morgan fingerprint density at radius 1 is 1.10 bits per heavy atom. The second-order valence-corrected chi connectivity index (χ2v) is 4.96. The Hall–Kier alpha value is -2.39. The SMILES string of the molecule is COC(=O)c1cc(-c2ccccc2)c2cccc(Cl)c2n1. The molecule has 4 heteroatoms. The van der Waals surface area contributed by atoms with Crippen molar-refractivity contribution >= 4 is 28.5 Å². The van der Waals surface area contributed by atoms with E-state index in [0.29, 0.717) is 10.5 Å². The Bertz CT molecular complexity index is 816. The van der Waals surface area contributed by atoms with E-state index in [4.69, 9.17) is 16.3 Å². The number of fused-ring (bicyclic) bond motifs is 1. The van der Waals surface area contributed by atoms with Crippen molar-refractivity contribution < 1.29 is 9.53 Å². The van der Waals surface area contributed by atoms with Gasteiger partial charge in [0.15, 0.2) is 0 Å². The van der Waals surface area contributed by atoms with Gasteiger partial charge in [0.1, 0.15) is 5.69 Å². The molecule has 0 aliphatic heterocycles. The molecule has 0 N–H and O–H groups in total. The second-order valence-electron chi connectivity index (χ2n) is 4.55. The summed E-state index contributed by atoms with van der Waals surface area (Å²) in [5.41, 5.74) is 2.75. The molecule has 0 radical (unpaired) electrons. The summed E-state index contributed by atoms with van der Waals surface area (Å²) in [6.45, 7) is 0. The molecule has 0 unspecified atom stereocenters. The summed E-state index contributed by atoms with van der Waals surface area (Å²) in [6.07, 6.45) is 0. The standard InChI is InChI=1S/C17H12ClNO2/c1-21-17(20)15-10-13(11-6-3-2-4-7-11)12-8-5-9-14(18)16(12)19-15/h2-10H,1H3. The maximum Gasteiger partial charge on any atom is 0.356 e. The van der Waals surface area contributed by atoms with Crippen LogP contribution in [0, 0.1) is 0 Å². The molecular formula is C17H12ClNO2. The molecule has 104 valence electrons. The lowest BCUT2D eigenvalue weighted by Gasteiger charge is -2.10. The highest BCUT2D eigenvalue weighted by atomic mass is 35.5. The van der Waals surface area contributed by atoms with Crippen molar-refractivity contribution in [3.8, 4) is 11.1 Å². The van der Waals surface area contributed by atoms with Crippen LogP contribution in [-0.2, 0) is 4.74 Å². The van der Waals surface area contributed by atoms with Crippen LogP contribution in [0.25, 0.3) is 22.0 Å². The monoisotopic (exact) mass is 297 g/mol. The number of methoxy groups -OCH3 is 1. The number of para-hydroxylation sites is 1. The Kier molecular flexibility index (Phi) is 3.59. The molecule has 0 bridgehead atoms. The predicted molar refractivity (Wildman–Crippen MR) is 83.5 cm³/mol. The van der Waals surface area contributed by atoms with Crippen molar-refractivity contribution in [1.82, 2.24) is 4.98 Å². The summed E-state index contributed by atoms with van der Waals surface area (Å²) in [7, 11) is 1.34. The van der Waals surface area contributed by atoms with Crippen LogP contribution in [0.15, 0.2) is 54.6 Å². The first kappa shape index (κ1) is 13.6. The topological polar surface area (TPSA) is 39.2 Å². The molecule has 0 saturated heterocycles. The lowest BCUT2D eigenvalue weighted by atomic mass is 10.00. The van der Waals surface area contributed by atoms with E-state index in [9.17, 15) is 4.79 Å². The van der Waals surface area contributed by atoms with Crippen molar-refractivity contribution in [3.05, 3.63) is 65.3 Å². The van der Waals surface area contributed by atoms with Crippen LogP contribution >= 0.6 is 11.6 Å². The maximum absolute atomic E-state index is 11.8. The Morgan fingerprint density at radius 2 is 1.86 bits per heavy atom. The van der Waals surface area contributed by atoms with Crippen molar-refractivity contribution in [3.63, 3.8) is 0 Å². The zero-order valence-corrected chi connectivity index (χ0v) is 12.1. The normalized spacial score (nSPS) is 10.6. The number of ether oxygens (including phenoxy) is 1. The second kappa shape index (κ2) is 5.54. The van der Waals surface area contributed by atoms with E-state index in [0.717, 1.165) is 16.5 Å². The largest absolute Gasteiger partial charge is 0.464 e. The number of pyridine rings is 1. The highest BCUT2D eigenvalue weighted by molar-refractivity contribution is 6.35. The minimum absolute atomic E-state index is 0.247. The zero-order valence-electron chi connectivity index (χ0n) is 11.3. The summed E-state index contributed by atoms with van der Waals surface area (Å²) < 4.78 is 4.77. The first-order chi connectivity index (χ1) is 10.2. The smallest absolute Gasteiger partial charge is 0.356 e. The number of esters is 1. The number of hydrogen-bond donors (Lipinski definition) is 0. The fourth-order valence-corrected chi connectivity index (χ4v) is 2.50. The zero-order chi connectivity index (χ0) is 14.8. The summed E-state index contributed by atoms with van der Waals surface area (Å²) in [5.74, 6) is -0.478. The van der Waals surface area contributed by atoms with Crippen molar-refractivity contribution in [2.45, 2.75) is 0 Å². The lowest BCUT2D eigenvalue weighted by Crippen LogP contribution is -2.05. The summed E-state index contributed by atoms with van der Waals surface area (Å²) >= 11 is 6.22. The van der Waals surface area contributed by atoms with Crippen LogP contribution in [0.2, 0.25) is 5.02 Å². The van der Waals surface area contributed by atoms with E-state index in [-0.39, 0.29) is 5.69 Å². The first-order valence-electron chi connectivity index (χ1n) is 6.43. The molecule has 0 fully saturated rings. The van der Waals surface area contributed by atoms with Gasteiger partial charge < -0.3 is 4.74 Å². The summed E-state index contributed by atoms with van der Waals surface area (Å²) in [5, 5.41) is 1.41. The number of hydrogen-bond acceptors (Lipinski definition) is 3.